The van der Waals surface area contributed by atoms with Crippen LogP contribution in [0.3, 0.4) is 0 Å². The molecule has 0 fully saturated rings. The second-order valence-corrected chi connectivity index (χ2v) is 4.66. The van der Waals surface area contributed by atoms with Gasteiger partial charge >= 0.3 is 0 Å². The minimum Gasteiger partial charge on any atom is -0.395 e. The zero-order valence-corrected chi connectivity index (χ0v) is 11.4. The largest absolute Gasteiger partial charge is 0.395 e. The summed E-state index contributed by atoms with van der Waals surface area (Å²) in [4.78, 5) is 25.2. The van der Waals surface area contributed by atoms with E-state index in [1.54, 1.807) is 11.1 Å². The summed E-state index contributed by atoms with van der Waals surface area (Å²) >= 11 is 0. The molecule has 0 bridgehead atoms. The summed E-state index contributed by atoms with van der Waals surface area (Å²) in [6.45, 7) is 1.61. The van der Waals surface area contributed by atoms with Crippen LogP contribution in [-0.2, 0) is 9.59 Å². The number of benzene rings is 1. The van der Waals surface area contributed by atoms with E-state index in [1.165, 1.54) is 6.92 Å². The fraction of sp³-hybridized carbons (Fsp3) is 0.333. The lowest BCUT2D eigenvalue weighted by Crippen LogP contribution is -2.35. The van der Waals surface area contributed by atoms with Crippen LogP contribution in [-0.4, -0.2) is 35.0 Å². The van der Waals surface area contributed by atoms with Gasteiger partial charge < -0.3 is 15.3 Å². The maximum Gasteiger partial charge on any atom is 0.223 e. The van der Waals surface area contributed by atoms with Crippen LogP contribution in [0.15, 0.2) is 30.5 Å². The number of carbonyl (C=O) groups is 2. The molecule has 20 heavy (non-hydrogen) atoms. The van der Waals surface area contributed by atoms with Crippen LogP contribution in [0.1, 0.15) is 30.5 Å². The van der Waals surface area contributed by atoms with Gasteiger partial charge in [-0.15, -0.1) is 0 Å². The fourth-order valence-corrected chi connectivity index (χ4v) is 2.36. The quantitative estimate of drug-likeness (QED) is 0.862. The van der Waals surface area contributed by atoms with E-state index in [4.69, 9.17) is 5.11 Å². The molecule has 1 unspecified atom stereocenters. The van der Waals surface area contributed by atoms with Crippen LogP contribution in [0, 0.1) is 0 Å². The second kappa shape index (κ2) is 6.34. The molecule has 0 aliphatic carbocycles. The van der Waals surface area contributed by atoms with Gasteiger partial charge in [0.2, 0.25) is 11.8 Å². The van der Waals surface area contributed by atoms with Crippen molar-refractivity contribution < 1.29 is 14.7 Å². The predicted molar refractivity (Wildman–Crippen MR) is 75.4 cm³/mol. The summed E-state index contributed by atoms with van der Waals surface area (Å²) in [7, 11) is 0. The molecular weight excluding hydrogens is 256 g/mol. The monoisotopic (exact) mass is 274 g/mol. The number of hydrogen-bond donors (Lipinski definition) is 2. The number of aliphatic hydroxyl groups is 1. The minimum atomic E-state index is -0.299. The highest BCUT2D eigenvalue weighted by molar-refractivity contribution is 5.81. The molecule has 2 rings (SSSR count). The standard InChI is InChI=1S/C15H18N2O3/c1-11(19)17-8-6-12-4-2-3-5-13(12)14(17)10-15(20)16-7-9-18/h2-6,8,14,18H,7,9-10H2,1H3,(H,16,20). The van der Waals surface area contributed by atoms with Crippen molar-refractivity contribution in [3.05, 3.63) is 41.6 Å². The third-order valence-corrected chi connectivity index (χ3v) is 3.28. The third kappa shape index (κ3) is 3.05. The molecule has 0 spiro atoms. The third-order valence-electron chi connectivity index (χ3n) is 3.28. The second-order valence-electron chi connectivity index (χ2n) is 4.66. The van der Waals surface area contributed by atoms with Gasteiger partial charge in [0.05, 0.1) is 19.1 Å². The Labute approximate surface area is 117 Å². The highest BCUT2D eigenvalue weighted by atomic mass is 16.3. The van der Waals surface area contributed by atoms with Crippen molar-refractivity contribution in [3.8, 4) is 0 Å². The molecule has 0 saturated carbocycles. The van der Waals surface area contributed by atoms with Crippen molar-refractivity contribution in [3.63, 3.8) is 0 Å². The van der Waals surface area contributed by atoms with Gasteiger partial charge in [-0.25, -0.2) is 0 Å². The lowest BCUT2D eigenvalue weighted by molar-refractivity contribution is -0.130. The highest BCUT2D eigenvalue weighted by Gasteiger charge is 2.27. The number of hydrogen-bond acceptors (Lipinski definition) is 3. The summed E-state index contributed by atoms with van der Waals surface area (Å²) in [6, 6.07) is 7.41. The van der Waals surface area contributed by atoms with Crippen molar-refractivity contribution in [2.75, 3.05) is 13.2 Å². The molecule has 1 atom stereocenters. The Hall–Kier alpha value is -2.14. The van der Waals surface area contributed by atoms with Gasteiger partial charge in [0, 0.05) is 19.7 Å². The van der Waals surface area contributed by atoms with Gasteiger partial charge in [-0.05, 0) is 17.2 Å². The first-order valence-electron chi connectivity index (χ1n) is 6.57. The van der Waals surface area contributed by atoms with E-state index >= 15 is 0 Å². The molecule has 1 aromatic carbocycles. The van der Waals surface area contributed by atoms with Crippen LogP contribution in [0.4, 0.5) is 0 Å². The maximum absolute atomic E-state index is 11.9. The van der Waals surface area contributed by atoms with Crippen molar-refractivity contribution in [2.24, 2.45) is 0 Å². The van der Waals surface area contributed by atoms with E-state index in [2.05, 4.69) is 5.32 Å². The first kappa shape index (κ1) is 14.3. The van der Waals surface area contributed by atoms with E-state index in [-0.39, 0.29) is 37.4 Å². The zero-order valence-electron chi connectivity index (χ0n) is 11.4. The summed E-state index contributed by atoms with van der Waals surface area (Å²) in [5.41, 5.74) is 1.98. The predicted octanol–water partition coefficient (Wildman–Crippen LogP) is 1.06. The van der Waals surface area contributed by atoms with Crippen LogP contribution in [0.2, 0.25) is 0 Å². The number of amides is 2. The molecule has 1 aliphatic rings. The number of nitrogens with one attached hydrogen (secondary N) is 1. The molecule has 1 aromatic rings. The van der Waals surface area contributed by atoms with Gasteiger partial charge in [0.25, 0.3) is 0 Å². The molecule has 0 radical (unpaired) electrons. The van der Waals surface area contributed by atoms with Gasteiger partial charge in [0.1, 0.15) is 0 Å². The van der Waals surface area contributed by atoms with Crippen molar-refractivity contribution in [1.29, 1.82) is 0 Å². The number of aliphatic hydroxyl groups excluding tert-OH is 1. The molecule has 1 aliphatic heterocycles. The summed E-state index contributed by atoms with van der Waals surface area (Å²) < 4.78 is 0. The Morgan fingerprint density at radius 2 is 2.10 bits per heavy atom. The van der Waals surface area contributed by atoms with E-state index < -0.39 is 0 Å². The Kier molecular flexibility index (Phi) is 4.53. The van der Waals surface area contributed by atoms with E-state index in [9.17, 15) is 9.59 Å². The summed E-state index contributed by atoms with van der Waals surface area (Å²) in [6.07, 6.45) is 3.77. The van der Waals surface area contributed by atoms with Crippen LogP contribution >= 0.6 is 0 Å². The van der Waals surface area contributed by atoms with Gasteiger partial charge in [-0.2, -0.15) is 0 Å². The van der Waals surface area contributed by atoms with Crippen LogP contribution in [0.25, 0.3) is 6.08 Å². The average Bonchev–Trinajstić information content (AvgIpc) is 2.45. The smallest absolute Gasteiger partial charge is 0.223 e. The molecule has 2 amide bonds. The van der Waals surface area contributed by atoms with Gasteiger partial charge in [-0.3, -0.25) is 9.59 Å². The lowest BCUT2D eigenvalue weighted by Gasteiger charge is -2.32. The Morgan fingerprint density at radius 1 is 1.35 bits per heavy atom. The molecule has 2 N–H and O–H groups in total. The molecule has 5 heteroatoms. The number of fused-ring (bicyclic) bond motifs is 1. The van der Waals surface area contributed by atoms with Crippen molar-refractivity contribution >= 4 is 17.9 Å². The topological polar surface area (TPSA) is 69.6 Å². The van der Waals surface area contributed by atoms with Crippen LogP contribution in [0.5, 0.6) is 0 Å². The first-order chi connectivity index (χ1) is 9.63. The molecule has 5 nitrogen and oxygen atoms in total. The Morgan fingerprint density at radius 3 is 2.80 bits per heavy atom. The summed E-state index contributed by atoms with van der Waals surface area (Å²) in [5, 5.41) is 11.3. The number of rotatable bonds is 4. The highest BCUT2D eigenvalue weighted by Crippen LogP contribution is 2.32. The normalized spacial score (nSPS) is 16.7. The van der Waals surface area contributed by atoms with Crippen molar-refractivity contribution in [2.45, 2.75) is 19.4 Å². The average molecular weight is 274 g/mol. The molecule has 1 heterocycles. The molecule has 106 valence electrons. The van der Waals surface area contributed by atoms with Gasteiger partial charge in [-0.1, -0.05) is 24.3 Å². The Balaban J connectivity index is 2.23. The Bertz CT molecular complexity index is 540. The SMILES string of the molecule is CC(=O)N1C=Cc2ccccc2C1CC(=O)NCCO. The fourth-order valence-electron chi connectivity index (χ4n) is 2.36. The minimum absolute atomic E-state index is 0.0939. The van der Waals surface area contributed by atoms with Gasteiger partial charge in [0.15, 0.2) is 0 Å². The molecule has 0 saturated heterocycles. The van der Waals surface area contributed by atoms with E-state index in [0.29, 0.717) is 0 Å². The number of carbonyl (C=O) groups excluding carboxylic acids is 2. The van der Waals surface area contributed by atoms with Crippen molar-refractivity contribution in [1.82, 2.24) is 10.2 Å². The lowest BCUT2D eigenvalue weighted by atomic mass is 9.93. The van der Waals surface area contributed by atoms with E-state index in [0.717, 1.165) is 11.1 Å². The van der Waals surface area contributed by atoms with Crippen LogP contribution < -0.4 is 5.32 Å². The zero-order chi connectivity index (χ0) is 14.5. The maximum atomic E-state index is 11.9. The summed E-state index contributed by atoms with van der Waals surface area (Å²) in [5.74, 6) is -0.281. The molecular formula is C15H18N2O3. The van der Waals surface area contributed by atoms with E-state index in [1.807, 2.05) is 30.3 Å². The first-order valence-corrected chi connectivity index (χ1v) is 6.57. The molecule has 0 aromatic heterocycles. The number of nitrogens with zero attached hydrogens (tertiary/aromatic N) is 1.